The number of ether oxygens (including phenoxy) is 2. The van der Waals surface area contributed by atoms with Gasteiger partial charge < -0.3 is 14.8 Å². The molecule has 0 radical (unpaired) electrons. The first-order valence-corrected chi connectivity index (χ1v) is 8.14. The Morgan fingerprint density at radius 2 is 1.81 bits per heavy atom. The molecule has 7 heteroatoms. The van der Waals surface area contributed by atoms with Gasteiger partial charge >= 0.3 is 5.97 Å². The minimum Gasteiger partial charge on any atom is -0.494 e. The van der Waals surface area contributed by atoms with Gasteiger partial charge in [-0.3, -0.25) is 4.79 Å². The largest absolute Gasteiger partial charge is 0.494 e. The third-order valence-corrected chi connectivity index (χ3v) is 3.40. The van der Waals surface area contributed by atoms with E-state index in [0.29, 0.717) is 18.4 Å². The lowest BCUT2D eigenvalue weighted by molar-refractivity contribution is -0.119. The van der Waals surface area contributed by atoms with Crippen LogP contribution in [0.4, 0.5) is 14.5 Å². The Morgan fingerprint density at radius 3 is 2.46 bits per heavy atom. The normalized spacial score (nSPS) is 10.3. The molecule has 1 N–H and O–H groups in total. The van der Waals surface area contributed by atoms with Crippen LogP contribution >= 0.6 is 0 Å². The monoisotopic (exact) mass is 363 g/mol. The molecule has 0 saturated heterocycles. The molecule has 0 unspecified atom stereocenters. The lowest BCUT2D eigenvalue weighted by Crippen LogP contribution is -2.21. The molecule has 138 valence electrons. The van der Waals surface area contributed by atoms with Crippen LogP contribution in [0, 0.1) is 11.6 Å². The number of benzene rings is 2. The zero-order chi connectivity index (χ0) is 18.9. The van der Waals surface area contributed by atoms with Gasteiger partial charge in [0.1, 0.15) is 17.4 Å². The summed E-state index contributed by atoms with van der Waals surface area (Å²) in [5, 5.41) is 2.20. The lowest BCUT2D eigenvalue weighted by Gasteiger charge is -2.08. The third-order valence-electron chi connectivity index (χ3n) is 3.40. The second-order valence-electron chi connectivity index (χ2n) is 5.47. The van der Waals surface area contributed by atoms with Crippen LogP contribution in [0.25, 0.3) is 0 Å². The van der Waals surface area contributed by atoms with E-state index in [1.807, 2.05) is 0 Å². The van der Waals surface area contributed by atoms with Crippen molar-refractivity contribution in [3.8, 4) is 5.75 Å². The Kier molecular flexibility index (Phi) is 7.08. The first kappa shape index (κ1) is 19.4. The molecular formula is C19H19F2NO4. The summed E-state index contributed by atoms with van der Waals surface area (Å²) in [5.74, 6) is -2.46. The minimum absolute atomic E-state index is 0.193. The van der Waals surface area contributed by atoms with Gasteiger partial charge in [-0.15, -0.1) is 0 Å². The topological polar surface area (TPSA) is 64.6 Å². The van der Waals surface area contributed by atoms with Gasteiger partial charge in [-0.05, 0) is 42.8 Å². The Labute approximate surface area is 149 Å². The fourth-order valence-electron chi connectivity index (χ4n) is 2.01. The van der Waals surface area contributed by atoms with Crippen LogP contribution < -0.4 is 10.1 Å². The SMILES string of the molecule is CCCCOc1ccc(C(=O)OCC(=O)Nc2ccc(F)cc2F)cc1. The molecule has 0 atom stereocenters. The van der Waals surface area contributed by atoms with Crippen LogP contribution in [0.5, 0.6) is 5.75 Å². The highest BCUT2D eigenvalue weighted by Gasteiger charge is 2.12. The number of nitrogens with one attached hydrogen (secondary N) is 1. The van der Waals surface area contributed by atoms with Gasteiger partial charge in [-0.25, -0.2) is 13.6 Å². The van der Waals surface area contributed by atoms with Crippen LogP contribution in [0.2, 0.25) is 0 Å². The summed E-state index contributed by atoms with van der Waals surface area (Å²) in [4.78, 5) is 23.6. The molecule has 0 fully saturated rings. The number of carbonyl (C=O) groups is 2. The predicted octanol–water partition coefficient (Wildman–Crippen LogP) is 3.94. The van der Waals surface area contributed by atoms with E-state index in [9.17, 15) is 18.4 Å². The van der Waals surface area contributed by atoms with Crippen LogP contribution in [-0.2, 0) is 9.53 Å². The summed E-state index contributed by atoms with van der Waals surface area (Å²) in [6.45, 7) is 2.06. The Hall–Kier alpha value is -2.96. The smallest absolute Gasteiger partial charge is 0.338 e. The van der Waals surface area contributed by atoms with E-state index in [-0.39, 0.29) is 11.3 Å². The van der Waals surface area contributed by atoms with Crippen molar-refractivity contribution in [2.45, 2.75) is 19.8 Å². The van der Waals surface area contributed by atoms with Gasteiger partial charge in [-0.1, -0.05) is 13.3 Å². The van der Waals surface area contributed by atoms with E-state index in [1.54, 1.807) is 12.1 Å². The van der Waals surface area contributed by atoms with Gasteiger partial charge in [0.15, 0.2) is 6.61 Å². The quantitative estimate of drug-likeness (QED) is 0.570. The summed E-state index contributed by atoms with van der Waals surface area (Å²) in [5.41, 5.74) is 0.0645. The zero-order valence-corrected chi connectivity index (χ0v) is 14.3. The van der Waals surface area contributed by atoms with E-state index >= 15 is 0 Å². The molecule has 2 aromatic rings. The van der Waals surface area contributed by atoms with Crippen LogP contribution in [0.1, 0.15) is 30.1 Å². The number of hydrogen-bond acceptors (Lipinski definition) is 4. The van der Waals surface area contributed by atoms with Gasteiger partial charge in [0.2, 0.25) is 0 Å². The van der Waals surface area contributed by atoms with Crippen molar-refractivity contribution in [3.05, 3.63) is 59.7 Å². The van der Waals surface area contributed by atoms with Crippen molar-refractivity contribution >= 4 is 17.6 Å². The molecule has 1 amide bonds. The maximum atomic E-state index is 13.4. The number of carbonyl (C=O) groups excluding carboxylic acids is 2. The lowest BCUT2D eigenvalue weighted by atomic mass is 10.2. The first-order valence-electron chi connectivity index (χ1n) is 8.14. The van der Waals surface area contributed by atoms with Gasteiger partial charge in [0.25, 0.3) is 5.91 Å². The number of hydrogen-bond donors (Lipinski definition) is 1. The number of unbranched alkanes of at least 4 members (excludes halogenated alkanes) is 1. The van der Waals surface area contributed by atoms with Crippen molar-refractivity contribution in [1.82, 2.24) is 0 Å². The molecule has 26 heavy (non-hydrogen) atoms. The van der Waals surface area contributed by atoms with Crippen molar-refractivity contribution < 1.29 is 27.8 Å². The van der Waals surface area contributed by atoms with E-state index in [4.69, 9.17) is 9.47 Å². The van der Waals surface area contributed by atoms with E-state index < -0.39 is 30.1 Å². The molecule has 0 spiro atoms. The molecule has 2 rings (SSSR count). The Morgan fingerprint density at radius 1 is 1.08 bits per heavy atom. The van der Waals surface area contributed by atoms with E-state index in [2.05, 4.69) is 12.2 Å². The van der Waals surface area contributed by atoms with Crippen molar-refractivity contribution in [2.75, 3.05) is 18.5 Å². The van der Waals surface area contributed by atoms with Gasteiger partial charge in [0.05, 0.1) is 17.9 Å². The van der Waals surface area contributed by atoms with Crippen molar-refractivity contribution in [3.63, 3.8) is 0 Å². The molecule has 0 aliphatic rings. The maximum absolute atomic E-state index is 13.4. The number of anilines is 1. The first-order chi connectivity index (χ1) is 12.5. The van der Waals surface area contributed by atoms with Gasteiger partial charge in [-0.2, -0.15) is 0 Å². The highest BCUT2D eigenvalue weighted by molar-refractivity contribution is 5.95. The van der Waals surface area contributed by atoms with E-state index in [0.717, 1.165) is 25.0 Å². The fourth-order valence-corrected chi connectivity index (χ4v) is 2.01. The zero-order valence-electron chi connectivity index (χ0n) is 14.3. The summed E-state index contributed by atoms with van der Waals surface area (Å²) in [6, 6.07) is 9.07. The van der Waals surface area contributed by atoms with Crippen molar-refractivity contribution in [1.29, 1.82) is 0 Å². The Bertz CT molecular complexity index is 763. The highest BCUT2D eigenvalue weighted by atomic mass is 19.1. The molecular weight excluding hydrogens is 344 g/mol. The van der Waals surface area contributed by atoms with Gasteiger partial charge in [0, 0.05) is 6.07 Å². The molecule has 0 aliphatic heterocycles. The molecule has 0 heterocycles. The molecule has 0 saturated carbocycles. The number of amides is 1. The van der Waals surface area contributed by atoms with Crippen LogP contribution in [0.15, 0.2) is 42.5 Å². The molecule has 2 aromatic carbocycles. The van der Waals surface area contributed by atoms with Crippen LogP contribution in [-0.4, -0.2) is 25.1 Å². The second kappa shape index (κ2) is 9.50. The third kappa shape index (κ3) is 5.84. The number of rotatable bonds is 8. The summed E-state index contributed by atoms with van der Waals surface area (Å²) in [6.07, 6.45) is 1.96. The Balaban J connectivity index is 1.82. The second-order valence-corrected chi connectivity index (χ2v) is 5.47. The number of halogens is 2. The molecule has 0 bridgehead atoms. The molecule has 0 aliphatic carbocycles. The summed E-state index contributed by atoms with van der Waals surface area (Å²) < 4.78 is 36.6. The molecule has 0 aromatic heterocycles. The average Bonchev–Trinajstić information content (AvgIpc) is 2.63. The minimum atomic E-state index is -0.914. The standard InChI is InChI=1S/C19H19F2NO4/c1-2-3-10-25-15-7-4-13(5-8-15)19(24)26-12-18(23)22-17-9-6-14(20)11-16(17)21/h4-9,11H,2-3,10,12H2,1H3,(H,22,23). The maximum Gasteiger partial charge on any atom is 0.338 e. The highest BCUT2D eigenvalue weighted by Crippen LogP contribution is 2.15. The van der Waals surface area contributed by atoms with Crippen LogP contribution in [0.3, 0.4) is 0 Å². The molecule has 5 nitrogen and oxygen atoms in total. The predicted molar refractivity (Wildman–Crippen MR) is 92.1 cm³/mol. The number of esters is 1. The van der Waals surface area contributed by atoms with E-state index in [1.165, 1.54) is 12.1 Å². The summed E-state index contributed by atoms with van der Waals surface area (Å²) >= 11 is 0. The average molecular weight is 363 g/mol. The van der Waals surface area contributed by atoms with Crippen molar-refractivity contribution in [2.24, 2.45) is 0 Å². The summed E-state index contributed by atoms with van der Waals surface area (Å²) in [7, 11) is 0. The fraction of sp³-hybridized carbons (Fsp3) is 0.263.